The highest BCUT2D eigenvalue weighted by molar-refractivity contribution is 5.63. The van der Waals surface area contributed by atoms with Crippen LogP contribution >= 0.6 is 0 Å². The van der Waals surface area contributed by atoms with Crippen LogP contribution in [0.3, 0.4) is 0 Å². The second kappa shape index (κ2) is 5.30. The Morgan fingerprint density at radius 2 is 1.91 bits per heavy atom. The average molecular weight is 157 g/mol. The first-order valence-electron chi connectivity index (χ1n) is 4.29. The van der Waals surface area contributed by atoms with E-state index in [2.05, 4.69) is 11.9 Å². The molecule has 66 valence electrons. The maximum Gasteiger partial charge on any atom is 0.0909 e. The van der Waals surface area contributed by atoms with E-state index in [0.29, 0.717) is 6.04 Å². The first kappa shape index (κ1) is 10.6. The monoisotopic (exact) mass is 157 g/mol. The van der Waals surface area contributed by atoms with Gasteiger partial charge in [0.25, 0.3) is 0 Å². The smallest absolute Gasteiger partial charge is 0.0909 e. The quantitative estimate of drug-likeness (QED) is 0.621. The van der Waals surface area contributed by atoms with E-state index in [0.717, 1.165) is 6.42 Å². The van der Waals surface area contributed by atoms with Gasteiger partial charge in [0.2, 0.25) is 0 Å². The largest absolute Gasteiger partial charge is 0.387 e. The summed E-state index contributed by atoms with van der Waals surface area (Å²) in [4.78, 5) is 4.19. The summed E-state index contributed by atoms with van der Waals surface area (Å²) in [5.41, 5.74) is 0. The third kappa shape index (κ3) is 4.96. The lowest BCUT2D eigenvalue weighted by molar-refractivity contribution is 0.194. The van der Waals surface area contributed by atoms with Crippen LogP contribution in [0.25, 0.3) is 0 Å². The highest BCUT2D eigenvalue weighted by Crippen LogP contribution is 2.00. The van der Waals surface area contributed by atoms with Gasteiger partial charge in [-0.15, -0.1) is 0 Å². The zero-order valence-electron chi connectivity index (χ0n) is 7.91. The molecule has 0 saturated carbocycles. The molecule has 0 bridgehead atoms. The van der Waals surface area contributed by atoms with Crippen molar-refractivity contribution in [1.82, 2.24) is 0 Å². The lowest BCUT2D eigenvalue weighted by atomic mass is 10.1. The minimum absolute atomic E-state index is 0.266. The zero-order chi connectivity index (χ0) is 8.85. The predicted molar refractivity (Wildman–Crippen MR) is 49.1 cm³/mol. The van der Waals surface area contributed by atoms with Gasteiger partial charge >= 0.3 is 0 Å². The van der Waals surface area contributed by atoms with Gasteiger partial charge in [-0.25, -0.2) is 0 Å². The summed E-state index contributed by atoms with van der Waals surface area (Å²) in [6.45, 7) is 8.09. The van der Waals surface area contributed by atoms with Crippen LogP contribution in [0.15, 0.2) is 4.99 Å². The minimum Gasteiger partial charge on any atom is -0.387 e. The molecule has 0 aromatic carbocycles. The first-order valence-corrected chi connectivity index (χ1v) is 4.29. The molecule has 0 spiro atoms. The fraction of sp³-hybridized carbons (Fsp3) is 0.889. The molecular formula is C9H19NO. The molecule has 0 aromatic heterocycles. The highest BCUT2D eigenvalue weighted by atomic mass is 16.3. The van der Waals surface area contributed by atoms with Crippen LogP contribution in [0.1, 0.15) is 34.1 Å². The Kier molecular flexibility index (Phi) is 5.12. The van der Waals surface area contributed by atoms with Gasteiger partial charge in [-0.2, -0.15) is 0 Å². The van der Waals surface area contributed by atoms with E-state index >= 15 is 0 Å². The van der Waals surface area contributed by atoms with E-state index in [-0.39, 0.29) is 12.0 Å². The summed E-state index contributed by atoms with van der Waals surface area (Å²) in [7, 11) is 0. The number of aliphatic hydroxyl groups excluding tert-OH is 1. The van der Waals surface area contributed by atoms with Crippen LogP contribution in [0.4, 0.5) is 0 Å². The van der Waals surface area contributed by atoms with Crippen LogP contribution in [0.5, 0.6) is 0 Å². The van der Waals surface area contributed by atoms with Crippen molar-refractivity contribution in [2.45, 2.75) is 46.3 Å². The van der Waals surface area contributed by atoms with Crippen molar-refractivity contribution in [3.63, 3.8) is 0 Å². The molecule has 0 saturated heterocycles. The van der Waals surface area contributed by atoms with Gasteiger partial charge in [0, 0.05) is 12.3 Å². The summed E-state index contributed by atoms with van der Waals surface area (Å²) in [6.07, 6.45) is 2.30. The van der Waals surface area contributed by atoms with Crippen LogP contribution < -0.4 is 0 Å². The first-order chi connectivity index (χ1) is 5.07. The van der Waals surface area contributed by atoms with Gasteiger partial charge in [-0.1, -0.05) is 20.8 Å². The number of hydrogen-bond donors (Lipinski definition) is 1. The summed E-state index contributed by atoms with van der Waals surface area (Å²) >= 11 is 0. The Morgan fingerprint density at radius 1 is 1.36 bits per heavy atom. The molecule has 0 aliphatic carbocycles. The minimum atomic E-state index is -0.385. The molecule has 0 aromatic rings. The lowest BCUT2D eigenvalue weighted by Gasteiger charge is -2.09. The van der Waals surface area contributed by atoms with E-state index in [1.807, 2.05) is 20.8 Å². The summed E-state index contributed by atoms with van der Waals surface area (Å²) in [5, 5.41) is 9.32. The Bertz CT molecular complexity index is 121. The van der Waals surface area contributed by atoms with Crippen molar-refractivity contribution in [1.29, 1.82) is 0 Å². The highest BCUT2D eigenvalue weighted by Gasteiger charge is 2.04. The number of hydrogen-bond acceptors (Lipinski definition) is 2. The van der Waals surface area contributed by atoms with Crippen LogP contribution in [-0.2, 0) is 0 Å². The van der Waals surface area contributed by atoms with Gasteiger partial charge in [0.1, 0.15) is 0 Å². The molecule has 2 heteroatoms. The van der Waals surface area contributed by atoms with E-state index in [4.69, 9.17) is 0 Å². The Hall–Kier alpha value is -0.370. The second-order valence-electron chi connectivity index (χ2n) is 3.29. The molecular weight excluding hydrogens is 138 g/mol. The van der Waals surface area contributed by atoms with E-state index in [9.17, 15) is 5.11 Å². The predicted octanol–water partition coefficient (Wildman–Crippen LogP) is 1.87. The molecule has 0 aliphatic rings. The van der Waals surface area contributed by atoms with Crippen LogP contribution in [-0.4, -0.2) is 23.5 Å². The molecule has 0 fully saturated rings. The summed E-state index contributed by atoms with van der Waals surface area (Å²) in [6, 6.07) is 0.336. The molecule has 0 rings (SSSR count). The van der Waals surface area contributed by atoms with E-state index in [1.54, 1.807) is 6.21 Å². The molecule has 2 nitrogen and oxygen atoms in total. The van der Waals surface area contributed by atoms with Crippen molar-refractivity contribution in [3.8, 4) is 0 Å². The number of aliphatic imine (C=N–C) groups is 1. The SMILES string of the molecule is CCC(C)/N=C/C(O)C(C)C. The van der Waals surface area contributed by atoms with Crippen molar-refractivity contribution in [3.05, 3.63) is 0 Å². The van der Waals surface area contributed by atoms with Crippen molar-refractivity contribution in [2.75, 3.05) is 0 Å². The summed E-state index contributed by atoms with van der Waals surface area (Å²) < 4.78 is 0. The lowest BCUT2D eigenvalue weighted by Crippen LogP contribution is -2.17. The van der Waals surface area contributed by atoms with E-state index < -0.39 is 0 Å². The van der Waals surface area contributed by atoms with Gasteiger partial charge < -0.3 is 5.11 Å². The van der Waals surface area contributed by atoms with Crippen LogP contribution in [0.2, 0.25) is 0 Å². The van der Waals surface area contributed by atoms with Crippen molar-refractivity contribution in [2.24, 2.45) is 10.9 Å². The number of nitrogens with zero attached hydrogens (tertiary/aromatic N) is 1. The Balaban J connectivity index is 3.72. The van der Waals surface area contributed by atoms with Gasteiger partial charge in [0.05, 0.1) is 6.10 Å². The molecule has 11 heavy (non-hydrogen) atoms. The number of rotatable bonds is 4. The molecule has 1 N–H and O–H groups in total. The zero-order valence-corrected chi connectivity index (χ0v) is 7.91. The van der Waals surface area contributed by atoms with Crippen molar-refractivity contribution >= 4 is 6.21 Å². The standard InChI is InChI=1S/C9H19NO/c1-5-8(4)10-6-9(11)7(2)3/h6-9,11H,5H2,1-4H3/b10-6+. The van der Waals surface area contributed by atoms with Crippen LogP contribution in [0, 0.1) is 5.92 Å². The molecule has 0 amide bonds. The average Bonchev–Trinajstić information content (AvgIpc) is 1.99. The Labute approximate surface area is 69.3 Å². The summed E-state index contributed by atoms with van der Waals surface area (Å²) in [5.74, 6) is 0.266. The Morgan fingerprint density at radius 3 is 2.27 bits per heavy atom. The fourth-order valence-corrected chi connectivity index (χ4v) is 0.513. The molecule has 2 unspecified atom stereocenters. The molecule has 0 radical (unpaired) electrons. The fourth-order valence-electron chi connectivity index (χ4n) is 0.513. The third-order valence-electron chi connectivity index (χ3n) is 1.77. The maximum atomic E-state index is 9.32. The third-order valence-corrected chi connectivity index (χ3v) is 1.77. The van der Waals surface area contributed by atoms with Gasteiger partial charge in [-0.3, -0.25) is 4.99 Å². The van der Waals surface area contributed by atoms with Gasteiger partial charge in [0.15, 0.2) is 0 Å². The number of aliphatic hydroxyl groups is 1. The van der Waals surface area contributed by atoms with Crippen molar-refractivity contribution < 1.29 is 5.11 Å². The van der Waals surface area contributed by atoms with Gasteiger partial charge in [-0.05, 0) is 19.3 Å². The molecule has 0 aliphatic heterocycles. The normalized spacial score (nSPS) is 17.6. The van der Waals surface area contributed by atoms with E-state index in [1.165, 1.54) is 0 Å². The molecule has 2 atom stereocenters. The maximum absolute atomic E-state index is 9.32. The second-order valence-corrected chi connectivity index (χ2v) is 3.29. The topological polar surface area (TPSA) is 32.6 Å². The molecule has 0 heterocycles.